The van der Waals surface area contributed by atoms with Gasteiger partial charge in [0.25, 0.3) is 5.91 Å². The normalized spacial score (nSPS) is 25.3. The van der Waals surface area contributed by atoms with E-state index in [2.05, 4.69) is 46.7 Å². The van der Waals surface area contributed by atoms with Gasteiger partial charge in [0.1, 0.15) is 12.4 Å². The first-order valence-electron chi connectivity index (χ1n) is 11.4. The summed E-state index contributed by atoms with van der Waals surface area (Å²) in [5.41, 5.74) is 5.07. The lowest BCUT2D eigenvalue weighted by atomic mass is 9.85. The second-order valence-corrected chi connectivity index (χ2v) is 8.55. The van der Waals surface area contributed by atoms with Gasteiger partial charge in [-0.05, 0) is 43.4 Å². The molecule has 7 heteroatoms. The van der Waals surface area contributed by atoms with E-state index in [1.807, 2.05) is 12.1 Å². The van der Waals surface area contributed by atoms with Crippen molar-refractivity contribution in [1.29, 1.82) is 0 Å². The van der Waals surface area contributed by atoms with Gasteiger partial charge in [-0.25, -0.2) is 0 Å². The Kier molecular flexibility index (Phi) is 6.25. The van der Waals surface area contributed by atoms with Crippen LogP contribution >= 0.6 is 0 Å². The van der Waals surface area contributed by atoms with Crippen molar-refractivity contribution >= 4 is 23.3 Å². The van der Waals surface area contributed by atoms with Gasteiger partial charge in [0.2, 0.25) is 5.91 Å². The van der Waals surface area contributed by atoms with Crippen LogP contribution in [-0.2, 0) is 16.0 Å². The number of carbonyl (C=O) groups excluding carboxylic acids is 2. The number of nitrogens with one attached hydrogen (secondary N) is 2. The van der Waals surface area contributed by atoms with Crippen molar-refractivity contribution in [2.75, 3.05) is 11.9 Å². The Hall–Kier alpha value is -2.57. The van der Waals surface area contributed by atoms with Crippen molar-refractivity contribution in [3.8, 4) is 0 Å². The molecule has 0 radical (unpaired) electrons. The van der Waals surface area contributed by atoms with Gasteiger partial charge in [0.15, 0.2) is 6.17 Å². The number of benzene rings is 1. The number of hydrogen-bond acceptors (Lipinski definition) is 5. The Balaban J connectivity index is 1.43. The van der Waals surface area contributed by atoms with Crippen molar-refractivity contribution < 1.29 is 9.59 Å². The van der Waals surface area contributed by atoms with Crippen molar-refractivity contribution in [2.24, 2.45) is 5.10 Å². The Labute approximate surface area is 178 Å². The van der Waals surface area contributed by atoms with Crippen molar-refractivity contribution in [3.05, 3.63) is 29.8 Å². The number of anilines is 1. The molecule has 2 heterocycles. The fourth-order valence-electron chi connectivity index (χ4n) is 5.01. The molecule has 0 spiro atoms. The van der Waals surface area contributed by atoms with E-state index in [1.165, 1.54) is 18.4 Å². The molecule has 3 atom stereocenters. The van der Waals surface area contributed by atoms with E-state index in [-0.39, 0.29) is 30.4 Å². The third-order valence-electron chi connectivity index (χ3n) is 6.55. The highest BCUT2D eigenvalue weighted by Gasteiger charge is 2.50. The molecule has 30 heavy (non-hydrogen) atoms. The summed E-state index contributed by atoms with van der Waals surface area (Å²) in [5.74, 6) is 0.769. The minimum Gasteiger partial charge on any atom is -0.325 e. The number of amides is 2. The second-order valence-electron chi connectivity index (χ2n) is 8.55. The van der Waals surface area contributed by atoms with Gasteiger partial charge in [0.05, 0.1) is 12.1 Å². The molecule has 0 aromatic heterocycles. The molecule has 1 saturated heterocycles. The third-order valence-corrected chi connectivity index (χ3v) is 6.55. The van der Waals surface area contributed by atoms with Gasteiger partial charge in [0, 0.05) is 12.1 Å². The van der Waals surface area contributed by atoms with Crippen LogP contribution in [0.1, 0.15) is 64.4 Å². The Morgan fingerprint density at radius 1 is 1.17 bits per heavy atom. The molecule has 3 unspecified atom stereocenters. The zero-order chi connectivity index (χ0) is 21.1. The van der Waals surface area contributed by atoms with Gasteiger partial charge in [-0.1, -0.05) is 45.2 Å². The average Bonchev–Trinajstić information content (AvgIpc) is 3.21. The van der Waals surface area contributed by atoms with Crippen LogP contribution in [-0.4, -0.2) is 52.2 Å². The van der Waals surface area contributed by atoms with E-state index < -0.39 is 6.17 Å². The number of hydrazone groups is 1. The first-order valence-corrected chi connectivity index (χ1v) is 11.4. The number of fused-ring (bicyclic) bond motifs is 3. The van der Waals surface area contributed by atoms with Crippen LogP contribution in [0.2, 0.25) is 0 Å². The molecule has 2 fully saturated rings. The maximum Gasteiger partial charge on any atom is 0.268 e. The van der Waals surface area contributed by atoms with Crippen molar-refractivity contribution in [1.82, 2.24) is 15.2 Å². The maximum atomic E-state index is 13.2. The zero-order valence-corrected chi connectivity index (χ0v) is 18.1. The lowest BCUT2D eigenvalue weighted by Gasteiger charge is -2.51. The largest absolute Gasteiger partial charge is 0.325 e. The minimum absolute atomic E-state index is 0.0459. The number of carbonyl (C=O) groups is 2. The SMILES string of the molecule is CCCCc1ccc(NC(=O)CN2C(=O)C3NN=C(CC)N3C3CCCCC32)cc1. The Morgan fingerprint density at radius 2 is 1.90 bits per heavy atom. The highest BCUT2D eigenvalue weighted by atomic mass is 16.2. The molecule has 3 aliphatic rings. The molecule has 0 bridgehead atoms. The number of unbranched alkanes of at least 4 members (excludes halogenated alkanes) is 1. The molecule has 4 rings (SSSR count). The van der Waals surface area contributed by atoms with Crippen molar-refractivity contribution in [2.45, 2.75) is 83.5 Å². The van der Waals surface area contributed by atoms with E-state index >= 15 is 0 Å². The number of piperazine rings is 1. The summed E-state index contributed by atoms with van der Waals surface area (Å²) < 4.78 is 0. The van der Waals surface area contributed by atoms with E-state index in [1.54, 1.807) is 4.90 Å². The minimum atomic E-state index is -0.468. The highest BCUT2D eigenvalue weighted by Crippen LogP contribution is 2.35. The molecule has 1 saturated carbocycles. The summed E-state index contributed by atoms with van der Waals surface area (Å²) in [5, 5.41) is 7.37. The topological polar surface area (TPSA) is 77.0 Å². The van der Waals surface area contributed by atoms with Gasteiger partial charge in [-0.3, -0.25) is 15.0 Å². The molecule has 1 aromatic rings. The van der Waals surface area contributed by atoms with E-state index in [9.17, 15) is 9.59 Å². The van der Waals surface area contributed by atoms with Gasteiger partial charge >= 0.3 is 0 Å². The fourth-order valence-corrected chi connectivity index (χ4v) is 5.01. The summed E-state index contributed by atoms with van der Waals surface area (Å²) in [4.78, 5) is 30.0. The van der Waals surface area contributed by atoms with Gasteiger partial charge in [-0.15, -0.1) is 0 Å². The molecule has 1 aromatic carbocycles. The van der Waals surface area contributed by atoms with Gasteiger partial charge < -0.3 is 15.1 Å². The first kappa shape index (κ1) is 20.7. The summed E-state index contributed by atoms with van der Waals surface area (Å²) in [6.07, 6.45) is 7.95. The zero-order valence-electron chi connectivity index (χ0n) is 18.1. The van der Waals surface area contributed by atoms with E-state index in [0.717, 1.165) is 50.0 Å². The van der Waals surface area contributed by atoms with E-state index in [0.29, 0.717) is 0 Å². The molecule has 7 nitrogen and oxygen atoms in total. The van der Waals surface area contributed by atoms with Crippen LogP contribution in [0.5, 0.6) is 0 Å². The summed E-state index contributed by atoms with van der Waals surface area (Å²) in [6.45, 7) is 4.34. The number of rotatable bonds is 7. The van der Waals surface area contributed by atoms with Crippen LogP contribution < -0.4 is 10.7 Å². The molecule has 162 valence electrons. The summed E-state index contributed by atoms with van der Waals surface area (Å²) >= 11 is 0. The monoisotopic (exact) mass is 411 g/mol. The number of aryl methyl sites for hydroxylation is 1. The first-order chi connectivity index (χ1) is 14.6. The fraction of sp³-hybridized carbons (Fsp3) is 0.609. The summed E-state index contributed by atoms with van der Waals surface area (Å²) in [6, 6.07) is 8.34. The number of hydrogen-bond donors (Lipinski definition) is 2. The predicted octanol–water partition coefficient (Wildman–Crippen LogP) is 3.08. The maximum absolute atomic E-state index is 13.2. The van der Waals surface area contributed by atoms with Crippen LogP contribution in [0.3, 0.4) is 0 Å². The quantitative estimate of drug-likeness (QED) is 0.723. The Bertz CT molecular complexity index is 806. The summed E-state index contributed by atoms with van der Waals surface area (Å²) in [7, 11) is 0. The second kappa shape index (κ2) is 9.06. The van der Waals surface area contributed by atoms with Crippen LogP contribution in [0.4, 0.5) is 5.69 Å². The molecular weight excluding hydrogens is 378 g/mol. The third kappa shape index (κ3) is 4.02. The van der Waals surface area contributed by atoms with Crippen LogP contribution in [0, 0.1) is 0 Å². The Morgan fingerprint density at radius 3 is 2.60 bits per heavy atom. The predicted molar refractivity (Wildman–Crippen MR) is 118 cm³/mol. The van der Waals surface area contributed by atoms with Crippen molar-refractivity contribution in [3.63, 3.8) is 0 Å². The number of amidine groups is 1. The van der Waals surface area contributed by atoms with E-state index in [4.69, 9.17) is 0 Å². The van der Waals surface area contributed by atoms with Gasteiger partial charge in [-0.2, -0.15) is 5.10 Å². The molecule has 2 amide bonds. The molecular formula is C23H33N5O2. The molecule has 2 N–H and O–H groups in total. The molecule has 1 aliphatic carbocycles. The highest BCUT2D eigenvalue weighted by molar-refractivity contribution is 5.98. The smallest absolute Gasteiger partial charge is 0.268 e. The lowest BCUT2D eigenvalue weighted by Crippen LogP contribution is -2.69. The standard InChI is InChI=1S/C23H33N5O2/c1-3-5-8-16-11-13-17(14-12-16)24-21(29)15-27-18-9-6-7-10-19(18)28-20(4-2)25-26-22(28)23(27)30/h11-14,18-19,22,26H,3-10,15H2,1-2H3,(H,24,29). The van der Waals surface area contributed by atoms with Crippen LogP contribution in [0.15, 0.2) is 29.4 Å². The lowest BCUT2D eigenvalue weighted by molar-refractivity contribution is -0.151. The number of nitrogens with zero attached hydrogens (tertiary/aromatic N) is 3. The molecule has 2 aliphatic heterocycles. The van der Waals surface area contributed by atoms with Crippen LogP contribution in [0.25, 0.3) is 0 Å². The average molecular weight is 412 g/mol.